The second-order valence-corrected chi connectivity index (χ2v) is 10.2. The largest absolute Gasteiger partial charge is 0.497 e. The van der Waals surface area contributed by atoms with Gasteiger partial charge in [-0.3, -0.25) is 4.79 Å². The highest BCUT2D eigenvalue weighted by molar-refractivity contribution is 8.00. The lowest BCUT2D eigenvalue weighted by Gasteiger charge is -2.10. The monoisotopic (exact) mass is 497 g/mol. The van der Waals surface area contributed by atoms with E-state index in [-0.39, 0.29) is 5.91 Å². The van der Waals surface area contributed by atoms with E-state index >= 15 is 0 Å². The SMILES string of the molecule is COc1ccc(-c2csc(NC(=O)C(C)Sc3nnc4c(n3)-c3cccc5cccc-4c35)n2)cc1. The zero-order valence-corrected chi connectivity index (χ0v) is 20.5. The van der Waals surface area contributed by atoms with Crippen LogP contribution in [0.2, 0.25) is 0 Å². The predicted molar refractivity (Wildman–Crippen MR) is 140 cm³/mol. The molecule has 3 aromatic carbocycles. The van der Waals surface area contributed by atoms with Gasteiger partial charge in [0.25, 0.3) is 0 Å². The number of amides is 1. The highest BCUT2D eigenvalue weighted by atomic mass is 32.2. The smallest absolute Gasteiger partial charge is 0.239 e. The van der Waals surface area contributed by atoms with E-state index in [2.05, 4.69) is 38.7 Å². The number of carbonyl (C=O) groups excluding carboxylic acids is 1. The van der Waals surface area contributed by atoms with Crippen LogP contribution in [0.1, 0.15) is 6.92 Å². The zero-order chi connectivity index (χ0) is 23.9. The van der Waals surface area contributed by atoms with E-state index in [0.29, 0.717) is 10.3 Å². The van der Waals surface area contributed by atoms with E-state index in [1.807, 2.05) is 54.8 Å². The normalized spacial score (nSPS) is 12.4. The molecule has 0 radical (unpaired) electrons. The number of thiazole rings is 1. The van der Waals surface area contributed by atoms with Crippen molar-refractivity contribution in [1.82, 2.24) is 20.2 Å². The molecule has 1 amide bonds. The Kier molecular flexibility index (Phi) is 5.43. The Morgan fingerprint density at radius 3 is 2.46 bits per heavy atom. The molecule has 0 saturated carbocycles. The van der Waals surface area contributed by atoms with Crippen LogP contribution in [0.3, 0.4) is 0 Å². The molecule has 172 valence electrons. The van der Waals surface area contributed by atoms with Crippen molar-refractivity contribution in [3.63, 3.8) is 0 Å². The molecule has 0 fully saturated rings. The van der Waals surface area contributed by atoms with Gasteiger partial charge in [0, 0.05) is 27.5 Å². The summed E-state index contributed by atoms with van der Waals surface area (Å²) in [6.45, 7) is 1.82. The summed E-state index contributed by atoms with van der Waals surface area (Å²) in [5.41, 5.74) is 5.45. The van der Waals surface area contributed by atoms with Crippen LogP contribution in [0.25, 0.3) is 44.5 Å². The van der Waals surface area contributed by atoms with E-state index in [4.69, 9.17) is 9.72 Å². The number of anilines is 1. The van der Waals surface area contributed by atoms with Crippen LogP contribution in [-0.2, 0) is 4.79 Å². The Morgan fingerprint density at radius 1 is 0.971 bits per heavy atom. The molecule has 2 aromatic heterocycles. The van der Waals surface area contributed by atoms with Crippen molar-refractivity contribution in [3.05, 3.63) is 66.0 Å². The van der Waals surface area contributed by atoms with Gasteiger partial charge in [-0.1, -0.05) is 48.2 Å². The van der Waals surface area contributed by atoms with Crippen molar-refractivity contribution in [2.75, 3.05) is 12.4 Å². The number of ether oxygens (including phenoxy) is 1. The molecule has 0 saturated heterocycles. The molecule has 6 rings (SSSR count). The van der Waals surface area contributed by atoms with Crippen LogP contribution in [-0.4, -0.2) is 38.4 Å². The van der Waals surface area contributed by atoms with Crippen LogP contribution in [0, 0.1) is 0 Å². The van der Waals surface area contributed by atoms with Crippen LogP contribution in [0.5, 0.6) is 5.75 Å². The van der Waals surface area contributed by atoms with Gasteiger partial charge in [0.15, 0.2) is 5.13 Å². The minimum atomic E-state index is -0.428. The Morgan fingerprint density at radius 2 is 1.71 bits per heavy atom. The third kappa shape index (κ3) is 3.92. The van der Waals surface area contributed by atoms with Crippen LogP contribution in [0.4, 0.5) is 5.13 Å². The molecular formula is C26H19N5O2S2. The number of carbonyl (C=O) groups is 1. The number of fused-ring (bicyclic) bond motifs is 3. The van der Waals surface area contributed by atoms with E-state index in [9.17, 15) is 4.79 Å². The topological polar surface area (TPSA) is 89.9 Å². The molecule has 35 heavy (non-hydrogen) atoms. The number of benzene rings is 3. The molecule has 1 N–H and O–H groups in total. The number of aromatic nitrogens is 4. The Labute approximate surface area is 209 Å². The third-order valence-corrected chi connectivity index (χ3v) is 7.56. The summed E-state index contributed by atoms with van der Waals surface area (Å²) in [7, 11) is 1.63. The number of nitrogens with one attached hydrogen (secondary N) is 1. The Hall–Kier alpha value is -3.82. The lowest BCUT2D eigenvalue weighted by molar-refractivity contribution is -0.115. The van der Waals surface area contributed by atoms with Gasteiger partial charge < -0.3 is 10.1 Å². The van der Waals surface area contributed by atoms with Gasteiger partial charge in [-0.15, -0.1) is 21.5 Å². The van der Waals surface area contributed by atoms with Gasteiger partial charge in [-0.05, 0) is 36.6 Å². The molecule has 1 aliphatic carbocycles. The summed E-state index contributed by atoms with van der Waals surface area (Å²) in [6.07, 6.45) is 0. The summed E-state index contributed by atoms with van der Waals surface area (Å²) < 4.78 is 5.20. The molecule has 9 heteroatoms. The first-order valence-corrected chi connectivity index (χ1v) is 12.7. The van der Waals surface area contributed by atoms with Crippen molar-refractivity contribution in [3.8, 4) is 39.5 Å². The Balaban J connectivity index is 1.17. The first kappa shape index (κ1) is 21.7. The van der Waals surface area contributed by atoms with Gasteiger partial charge in [0.05, 0.1) is 18.1 Å². The van der Waals surface area contributed by atoms with E-state index in [1.54, 1.807) is 7.11 Å². The maximum Gasteiger partial charge on any atom is 0.239 e. The van der Waals surface area contributed by atoms with Crippen molar-refractivity contribution in [2.45, 2.75) is 17.3 Å². The van der Waals surface area contributed by atoms with Crippen molar-refractivity contribution in [2.24, 2.45) is 0 Å². The molecule has 1 aliphatic rings. The number of nitrogens with zero attached hydrogens (tertiary/aromatic N) is 4. The standard InChI is InChI=1S/C26H19N5O2S2/c1-14(24(32)29-25-27-20(13-34-25)15-9-11-17(33-2)12-10-15)35-26-28-22-18-7-3-5-16-6-4-8-19(21(16)18)23(22)30-31-26/h3-14H,1-2H3,(H,27,29,32). The second-order valence-electron chi connectivity index (χ2n) is 8.02. The zero-order valence-electron chi connectivity index (χ0n) is 18.9. The summed E-state index contributed by atoms with van der Waals surface area (Å²) in [5, 5.41) is 16.5. The first-order chi connectivity index (χ1) is 17.1. The van der Waals surface area contributed by atoms with Crippen molar-refractivity contribution < 1.29 is 9.53 Å². The lowest BCUT2D eigenvalue weighted by Crippen LogP contribution is -2.22. The van der Waals surface area contributed by atoms with E-state index in [1.165, 1.54) is 23.1 Å². The van der Waals surface area contributed by atoms with Gasteiger partial charge in [0.1, 0.15) is 17.1 Å². The molecule has 0 spiro atoms. The molecule has 0 bridgehead atoms. The molecule has 1 unspecified atom stereocenters. The van der Waals surface area contributed by atoms with Crippen LogP contribution in [0.15, 0.2) is 71.2 Å². The van der Waals surface area contributed by atoms with Gasteiger partial charge in [0.2, 0.25) is 11.1 Å². The number of methoxy groups -OCH3 is 1. The van der Waals surface area contributed by atoms with E-state index < -0.39 is 5.25 Å². The molecule has 0 aliphatic heterocycles. The molecule has 7 nitrogen and oxygen atoms in total. The average molecular weight is 498 g/mol. The second kappa shape index (κ2) is 8.75. The maximum atomic E-state index is 12.9. The molecule has 2 heterocycles. The van der Waals surface area contributed by atoms with Crippen molar-refractivity contribution in [1.29, 1.82) is 0 Å². The lowest BCUT2D eigenvalue weighted by atomic mass is 10.0. The number of hydrogen-bond donors (Lipinski definition) is 1. The fraction of sp³-hybridized carbons (Fsp3) is 0.115. The minimum Gasteiger partial charge on any atom is -0.497 e. The van der Waals surface area contributed by atoms with Gasteiger partial charge >= 0.3 is 0 Å². The molecule has 1 atom stereocenters. The van der Waals surface area contributed by atoms with Crippen LogP contribution < -0.4 is 10.1 Å². The summed E-state index contributed by atoms with van der Waals surface area (Å²) in [4.78, 5) is 22.2. The first-order valence-electron chi connectivity index (χ1n) is 11.0. The number of rotatable bonds is 6. The van der Waals surface area contributed by atoms with Crippen LogP contribution >= 0.6 is 23.1 Å². The fourth-order valence-electron chi connectivity index (χ4n) is 4.11. The highest BCUT2D eigenvalue weighted by Gasteiger charge is 2.26. The maximum absolute atomic E-state index is 12.9. The number of hydrogen-bond acceptors (Lipinski definition) is 8. The Bertz CT molecular complexity index is 1580. The quantitative estimate of drug-likeness (QED) is 0.286. The van der Waals surface area contributed by atoms with E-state index in [0.717, 1.165) is 50.3 Å². The predicted octanol–water partition coefficient (Wildman–Crippen LogP) is 5.92. The average Bonchev–Trinajstić information content (AvgIpc) is 3.48. The molecule has 5 aromatic rings. The summed E-state index contributed by atoms with van der Waals surface area (Å²) >= 11 is 2.66. The minimum absolute atomic E-state index is 0.167. The fourth-order valence-corrected chi connectivity index (χ4v) is 5.55. The highest BCUT2D eigenvalue weighted by Crippen LogP contribution is 2.45. The molecular weight excluding hydrogens is 478 g/mol. The van der Waals surface area contributed by atoms with Crippen molar-refractivity contribution >= 4 is 44.9 Å². The third-order valence-electron chi connectivity index (χ3n) is 5.85. The van der Waals surface area contributed by atoms with Gasteiger partial charge in [-0.25, -0.2) is 9.97 Å². The summed E-state index contributed by atoms with van der Waals surface area (Å²) in [5.74, 6) is 0.618. The number of thioether (sulfide) groups is 1. The summed E-state index contributed by atoms with van der Waals surface area (Å²) in [6, 6.07) is 20.0. The van der Waals surface area contributed by atoms with Gasteiger partial charge in [-0.2, -0.15) is 0 Å².